The Labute approximate surface area is 250 Å². The Hall–Kier alpha value is -4.49. The van der Waals surface area contributed by atoms with Crippen LogP contribution in [0.2, 0.25) is 0 Å². The quantitative estimate of drug-likeness (QED) is 0.130. The largest absolute Gasteiger partial charge is 0.497 e. The molecule has 1 unspecified atom stereocenters. The first-order chi connectivity index (χ1) is 20.4. The van der Waals surface area contributed by atoms with Crippen molar-refractivity contribution in [3.8, 4) is 5.75 Å². The van der Waals surface area contributed by atoms with Crippen LogP contribution < -0.4 is 26.0 Å². The summed E-state index contributed by atoms with van der Waals surface area (Å²) in [6.45, 7) is 4.96. The van der Waals surface area contributed by atoms with Crippen molar-refractivity contribution in [2.45, 2.75) is 77.0 Å². The highest BCUT2D eigenvalue weighted by atomic mass is 16.5. The van der Waals surface area contributed by atoms with Gasteiger partial charge in [0.2, 0.25) is 17.7 Å². The number of carbonyl (C=O) groups is 7. The molecule has 0 aliphatic carbocycles. The zero-order chi connectivity index (χ0) is 32.1. The van der Waals surface area contributed by atoms with Crippen molar-refractivity contribution in [1.82, 2.24) is 26.2 Å². The maximum Gasteiger partial charge on any atom is 0.312 e. The van der Waals surface area contributed by atoms with Crippen LogP contribution in [0.3, 0.4) is 0 Å². The van der Waals surface area contributed by atoms with Crippen molar-refractivity contribution in [2.24, 2.45) is 5.92 Å². The number of rotatable bonds is 15. The molecule has 1 aliphatic rings. The standard InChI is InChI=1S/C29H41N5O9/c1-5-17(2)23(31-18(3)36)14-30-28(41)29(42)34-15-20(12-24(34)27(40)33-21(16-35)13-26(38)39)32-25(37)11-8-19-6-9-22(43-4)10-7-19/h6-7,9-10,16-17,20-21,23-24H,5,8,11-15H2,1-4H3,(H,30,41)(H,31,36)(H,32,37)(H,33,40)(H,38,39)/t17-,20?,21-,23+,24-/m0/s1. The minimum Gasteiger partial charge on any atom is -0.497 e. The molecule has 0 spiro atoms. The molecule has 0 radical (unpaired) electrons. The zero-order valence-corrected chi connectivity index (χ0v) is 24.9. The first-order valence-electron chi connectivity index (χ1n) is 14.1. The van der Waals surface area contributed by atoms with Crippen LogP contribution in [-0.4, -0.2) is 96.2 Å². The fourth-order valence-corrected chi connectivity index (χ4v) is 4.71. The third-order valence-electron chi connectivity index (χ3n) is 7.31. The third-order valence-corrected chi connectivity index (χ3v) is 7.31. The van der Waals surface area contributed by atoms with E-state index < -0.39 is 54.3 Å². The van der Waals surface area contributed by atoms with E-state index in [-0.39, 0.29) is 49.9 Å². The molecule has 1 fully saturated rings. The number of methoxy groups -OCH3 is 1. The number of likely N-dealkylation sites (tertiary alicyclic amines) is 1. The number of nitrogens with one attached hydrogen (secondary N) is 4. The summed E-state index contributed by atoms with van der Waals surface area (Å²) in [6.07, 6.45) is 0.813. The molecule has 1 aliphatic heterocycles. The predicted octanol–water partition coefficient (Wildman–Crippen LogP) is -0.461. The van der Waals surface area contributed by atoms with Gasteiger partial charge in [-0.1, -0.05) is 32.4 Å². The number of hydrogen-bond donors (Lipinski definition) is 5. The normalized spacial score (nSPS) is 18.0. The second-order valence-electron chi connectivity index (χ2n) is 10.6. The molecule has 5 amide bonds. The van der Waals surface area contributed by atoms with Crippen LogP contribution in [-0.2, 0) is 40.0 Å². The zero-order valence-electron chi connectivity index (χ0n) is 24.9. The van der Waals surface area contributed by atoms with Crippen LogP contribution in [0.4, 0.5) is 0 Å². The molecule has 14 heteroatoms. The lowest BCUT2D eigenvalue weighted by Crippen LogP contribution is -2.54. The van der Waals surface area contributed by atoms with E-state index in [2.05, 4.69) is 21.3 Å². The molecule has 1 heterocycles. The molecule has 0 saturated carbocycles. The molecule has 236 valence electrons. The molecule has 0 bridgehead atoms. The van der Waals surface area contributed by atoms with E-state index in [0.29, 0.717) is 18.6 Å². The van der Waals surface area contributed by atoms with Crippen molar-refractivity contribution >= 4 is 41.8 Å². The maximum atomic E-state index is 13.2. The minimum atomic E-state index is -1.34. The third kappa shape index (κ3) is 11.0. The fourth-order valence-electron chi connectivity index (χ4n) is 4.71. The number of carboxylic acid groups (broad SMARTS) is 1. The number of aldehydes is 1. The van der Waals surface area contributed by atoms with Crippen LogP contribution in [0.1, 0.15) is 52.0 Å². The molecular formula is C29H41N5O9. The Morgan fingerprint density at radius 1 is 1.12 bits per heavy atom. The molecule has 1 aromatic carbocycles. The monoisotopic (exact) mass is 603 g/mol. The summed E-state index contributed by atoms with van der Waals surface area (Å²) < 4.78 is 5.13. The number of carbonyl (C=O) groups excluding carboxylic acids is 6. The van der Waals surface area contributed by atoms with Gasteiger partial charge in [-0.2, -0.15) is 0 Å². The van der Waals surface area contributed by atoms with Crippen molar-refractivity contribution in [3.63, 3.8) is 0 Å². The van der Waals surface area contributed by atoms with E-state index >= 15 is 0 Å². The molecule has 14 nitrogen and oxygen atoms in total. The molecule has 5 atom stereocenters. The Bertz CT molecular complexity index is 1170. The van der Waals surface area contributed by atoms with E-state index in [1.807, 2.05) is 26.0 Å². The smallest absolute Gasteiger partial charge is 0.312 e. The van der Waals surface area contributed by atoms with Gasteiger partial charge in [-0.05, 0) is 36.5 Å². The summed E-state index contributed by atoms with van der Waals surface area (Å²) in [5.41, 5.74) is 0.904. The molecule has 5 N–H and O–H groups in total. The average molecular weight is 604 g/mol. The van der Waals surface area contributed by atoms with E-state index in [4.69, 9.17) is 9.84 Å². The van der Waals surface area contributed by atoms with Crippen molar-refractivity contribution < 1.29 is 43.4 Å². The molecule has 1 aromatic rings. The van der Waals surface area contributed by atoms with Gasteiger partial charge in [0.1, 0.15) is 18.1 Å². The molecule has 1 saturated heterocycles. The second-order valence-corrected chi connectivity index (χ2v) is 10.6. The van der Waals surface area contributed by atoms with Gasteiger partial charge in [0, 0.05) is 38.5 Å². The minimum absolute atomic E-state index is 0.00312. The van der Waals surface area contributed by atoms with Crippen molar-refractivity contribution in [2.75, 3.05) is 20.2 Å². The van der Waals surface area contributed by atoms with E-state index in [1.54, 1.807) is 19.2 Å². The summed E-state index contributed by atoms with van der Waals surface area (Å²) in [4.78, 5) is 86.9. The van der Waals surface area contributed by atoms with Crippen LogP contribution in [0, 0.1) is 5.92 Å². The number of aryl methyl sites for hydroxylation is 1. The number of amides is 5. The van der Waals surface area contributed by atoms with Gasteiger partial charge in [0.25, 0.3) is 0 Å². The van der Waals surface area contributed by atoms with Gasteiger partial charge >= 0.3 is 17.8 Å². The lowest BCUT2D eigenvalue weighted by atomic mass is 9.99. The number of ether oxygens (including phenoxy) is 1. The van der Waals surface area contributed by atoms with Crippen LogP contribution in [0.15, 0.2) is 24.3 Å². The SMILES string of the molecule is CC[C@H](C)[C@@H](CNC(=O)C(=O)N1CC(NC(=O)CCc2ccc(OC)cc2)C[C@H]1C(=O)N[C@H](C=O)CC(=O)O)NC(C)=O. The number of carboxylic acids is 1. The van der Waals surface area contributed by atoms with Gasteiger partial charge in [0.05, 0.1) is 19.6 Å². The van der Waals surface area contributed by atoms with Crippen molar-refractivity contribution in [1.29, 1.82) is 0 Å². The first-order valence-corrected chi connectivity index (χ1v) is 14.1. The highest BCUT2D eigenvalue weighted by molar-refractivity contribution is 6.35. The van der Waals surface area contributed by atoms with Crippen LogP contribution in [0.25, 0.3) is 0 Å². The number of nitrogens with zero attached hydrogens (tertiary/aromatic N) is 1. The van der Waals surface area contributed by atoms with Crippen LogP contribution >= 0.6 is 0 Å². The molecular weight excluding hydrogens is 562 g/mol. The van der Waals surface area contributed by atoms with E-state index in [9.17, 15) is 33.6 Å². The fraction of sp³-hybridized carbons (Fsp3) is 0.552. The number of hydrogen-bond acceptors (Lipinski definition) is 8. The lowest BCUT2D eigenvalue weighted by molar-refractivity contribution is -0.148. The summed E-state index contributed by atoms with van der Waals surface area (Å²) in [5, 5.41) is 19.4. The summed E-state index contributed by atoms with van der Waals surface area (Å²) in [5.74, 6) is -4.14. The maximum absolute atomic E-state index is 13.2. The topological polar surface area (TPSA) is 200 Å². The lowest BCUT2D eigenvalue weighted by Gasteiger charge is -2.26. The number of benzene rings is 1. The van der Waals surface area contributed by atoms with Crippen molar-refractivity contribution in [3.05, 3.63) is 29.8 Å². The van der Waals surface area contributed by atoms with Gasteiger partial charge in [-0.15, -0.1) is 0 Å². The molecule has 2 rings (SSSR count). The summed E-state index contributed by atoms with van der Waals surface area (Å²) >= 11 is 0. The summed E-state index contributed by atoms with van der Waals surface area (Å²) in [6, 6.07) is 3.51. The van der Waals surface area contributed by atoms with E-state index in [1.165, 1.54) is 6.92 Å². The Morgan fingerprint density at radius 3 is 2.35 bits per heavy atom. The number of aliphatic carboxylic acids is 1. The Morgan fingerprint density at radius 2 is 1.79 bits per heavy atom. The summed E-state index contributed by atoms with van der Waals surface area (Å²) in [7, 11) is 1.55. The average Bonchev–Trinajstić information content (AvgIpc) is 3.40. The van der Waals surface area contributed by atoms with Gasteiger partial charge in [-0.3, -0.25) is 28.8 Å². The highest BCUT2D eigenvalue weighted by Crippen LogP contribution is 2.20. The van der Waals surface area contributed by atoms with Crippen LogP contribution in [0.5, 0.6) is 5.75 Å². The van der Waals surface area contributed by atoms with Gasteiger partial charge < -0.3 is 40.8 Å². The molecule has 43 heavy (non-hydrogen) atoms. The Kier molecular flexibility index (Phi) is 13.6. The predicted molar refractivity (Wildman–Crippen MR) is 154 cm³/mol. The Balaban J connectivity index is 2.12. The first kappa shape index (κ1) is 34.7. The highest BCUT2D eigenvalue weighted by Gasteiger charge is 2.42. The van der Waals surface area contributed by atoms with E-state index in [0.717, 1.165) is 10.5 Å². The second kappa shape index (κ2) is 16.8. The van der Waals surface area contributed by atoms with Gasteiger partial charge in [0.15, 0.2) is 0 Å². The van der Waals surface area contributed by atoms with Gasteiger partial charge in [-0.25, -0.2) is 0 Å². The molecule has 0 aromatic heterocycles.